The number of aromatic nitrogens is 2. The average Bonchev–Trinajstić information content (AvgIpc) is 3.08. The highest BCUT2D eigenvalue weighted by molar-refractivity contribution is 8.26. The minimum absolute atomic E-state index is 0.0420. The van der Waals surface area contributed by atoms with Crippen LogP contribution in [0.2, 0.25) is 0 Å². The smallest absolute Gasteiger partial charge is 0.267 e. The number of thiocarbonyl (C=S) groups is 1. The molecule has 4 heterocycles. The first kappa shape index (κ1) is 23.9. The van der Waals surface area contributed by atoms with Crippen LogP contribution in [0, 0.1) is 6.92 Å². The molecule has 0 atom stereocenters. The largest absolute Gasteiger partial charge is 0.379 e. The molecule has 8 nitrogen and oxygen atoms in total. The summed E-state index contributed by atoms with van der Waals surface area (Å²) in [5.74, 6) is 0.318. The molecule has 0 saturated carbocycles. The molecule has 1 N–H and O–H groups in total. The summed E-state index contributed by atoms with van der Waals surface area (Å²) in [5, 5.41) is 3.35. The number of ether oxygens (including phenoxy) is 1. The number of aryl methyl sites for hydroxylation is 1. The lowest BCUT2D eigenvalue weighted by Crippen LogP contribution is -2.37. The molecule has 0 aromatic carbocycles. The van der Waals surface area contributed by atoms with E-state index in [1.54, 1.807) is 17.2 Å². The summed E-state index contributed by atoms with van der Waals surface area (Å²) < 4.78 is 7.44. The molecule has 33 heavy (non-hydrogen) atoms. The molecule has 10 heteroatoms. The van der Waals surface area contributed by atoms with E-state index < -0.39 is 0 Å². The highest BCUT2D eigenvalue weighted by Gasteiger charge is 2.34. The van der Waals surface area contributed by atoms with Crippen molar-refractivity contribution in [1.29, 1.82) is 0 Å². The van der Waals surface area contributed by atoms with Crippen molar-refractivity contribution in [2.24, 2.45) is 0 Å². The fraction of sp³-hybridized carbons (Fsp3) is 0.478. The topological polar surface area (TPSA) is 79.2 Å². The van der Waals surface area contributed by atoms with Crippen LogP contribution in [0.1, 0.15) is 31.4 Å². The third kappa shape index (κ3) is 5.13. The molecule has 2 fully saturated rings. The number of morpholine rings is 1. The monoisotopic (exact) mass is 487 g/mol. The molecule has 1 amide bonds. The molecule has 0 bridgehead atoms. The fourth-order valence-corrected chi connectivity index (χ4v) is 5.47. The third-order valence-corrected chi connectivity index (χ3v) is 7.08. The molecule has 2 aliphatic heterocycles. The Kier molecular flexibility index (Phi) is 7.48. The predicted molar refractivity (Wildman–Crippen MR) is 137 cm³/mol. The standard InChI is InChI=1S/C23H29N5O3S2/c1-15(2)28-22(30)18(33-23(28)32)14-17-19(24-7-5-8-26-10-12-31-13-11-26)25-20-16(3)6-4-9-27(20)21(17)29/h4,6,9,14-15,24H,5,7-8,10-13H2,1-3H3. The van der Waals surface area contributed by atoms with Gasteiger partial charge >= 0.3 is 0 Å². The van der Waals surface area contributed by atoms with Crippen molar-refractivity contribution >= 4 is 51.7 Å². The Morgan fingerprint density at radius 2 is 2.06 bits per heavy atom. The van der Waals surface area contributed by atoms with E-state index in [9.17, 15) is 9.59 Å². The first-order valence-electron chi connectivity index (χ1n) is 11.2. The zero-order valence-corrected chi connectivity index (χ0v) is 20.8. The van der Waals surface area contributed by atoms with Gasteiger partial charge in [-0.05, 0) is 51.4 Å². The number of anilines is 1. The van der Waals surface area contributed by atoms with Gasteiger partial charge in [0.2, 0.25) is 0 Å². The van der Waals surface area contributed by atoms with E-state index >= 15 is 0 Å². The van der Waals surface area contributed by atoms with Gasteiger partial charge in [0.1, 0.15) is 15.8 Å². The Bertz CT molecular complexity index is 1150. The van der Waals surface area contributed by atoms with Gasteiger partial charge in [-0.2, -0.15) is 0 Å². The minimum atomic E-state index is -0.214. The van der Waals surface area contributed by atoms with Crippen molar-refractivity contribution in [3.63, 3.8) is 0 Å². The molecule has 0 unspecified atom stereocenters. The Balaban J connectivity index is 1.64. The second-order valence-electron chi connectivity index (χ2n) is 8.44. The Labute approximate surface area is 203 Å². The van der Waals surface area contributed by atoms with Gasteiger partial charge in [0.25, 0.3) is 11.5 Å². The molecule has 176 valence electrons. The lowest BCUT2D eigenvalue weighted by molar-refractivity contribution is -0.123. The summed E-state index contributed by atoms with van der Waals surface area (Å²) in [6, 6.07) is 3.71. The zero-order chi connectivity index (χ0) is 23.5. The highest BCUT2D eigenvalue weighted by Crippen LogP contribution is 2.34. The number of hydrogen-bond donors (Lipinski definition) is 1. The number of thioether (sulfide) groups is 1. The molecule has 2 saturated heterocycles. The van der Waals surface area contributed by atoms with Crippen LogP contribution in [0.3, 0.4) is 0 Å². The van der Waals surface area contributed by atoms with E-state index in [2.05, 4.69) is 10.2 Å². The van der Waals surface area contributed by atoms with E-state index in [0.717, 1.165) is 44.8 Å². The number of fused-ring (bicyclic) bond motifs is 1. The van der Waals surface area contributed by atoms with Crippen LogP contribution in [0.5, 0.6) is 0 Å². The maximum Gasteiger partial charge on any atom is 0.267 e. The summed E-state index contributed by atoms with van der Waals surface area (Å²) in [4.78, 5) is 35.5. The molecule has 2 aliphatic rings. The summed E-state index contributed by atoms with van der Waals surface area (Å²) in [5.41, 5.74) is 1.66. The average molecular weight is 488 g/mol. The number of hydrogen-bond acceptors (Lipinski definition) is 8. The van der Waals surface area contributed by atoms with Crippen LogP contribution in [-0.4, -0.2) is 74.8 Å². The lowest BCUT2D eigenvalue weighted by Gasteiger charge is -2.26. The van der Waals surface area contributed by atoms with Crippen molar-refractivity contribution in [3.8, 4) is 0 Å². The summed E-state index contributed by atoms with van der Waals surface area (Å²) in [7, 11) is 0. The fourth-order valence-electron chi connectivity index (χ4n) is 3.97. The first-order valence-corrected chi connectivity index (χ1v) is 12.4. The van der Waals surface area contributed by atoms with Crippen LogP contribution in [0.15, 0.2) is 28.0 Å². The van der Waals surface area contributed by atoms with Crippen molar-refractivity contribution in [1.82, 2.24) is 19.2 Å². The number of nitrogens with zero attached hydrogens (tertiary/aromatic N) is 4. The Morgan fingerprint density at radius 1 is 1.30 bits per heavy atom. The number of nitrogens with one attached hydrogen (secondary N) is 1. The second kappa shape index (κ2) is 10.3. The first-order chi connectivity index (χ1) is 15.9. The Hall–Kier alpha value is -2.27. The lowest BCUT2D eigenvalue weighted by atomic mass is 10.2. The number of carbonyl (C=O) groups excluding carboxylic acids is 1. The second-order valence-corrected chi connectivity index (χ2v) is 10.1. The normalized spacial score (nSPS) is 18.8. The molecule has 4 rings (SSSR count). The molecule has 2 aromatic heterocycles. The van der Waals surface area contributed by atoms with Crippen molar-refractivity contribution in [2.75, 3.05) is 44.7 Å². The van der Waals surface area contributed by atoms with E-state index in [1.165, 1.54) is 16.2 Å². The van der Waals surface area contributed by atoms with Gasteiger partial charge in [-0.3, -0.25) is 23.8 Å². The van der Waals surface area contributed by atoms with E-state index in [4.69, 9.17) is 21.9 Å². The van der Waals surface area contributed by atoms with Crippen LogP contribution >= 0.6 is 24.0 Å². The van der Waals surface area contributed by atoms with Gasteiger partial charge in [0.05, 0.1) is 23.7 Å². The van der Waals surface area contributed by atoms with E-state index in [1.807, 2.05) is 32.9 Å². The number of pyridine rings is 1. The molecular weight excluding hydrogens is 458 g/mol. The van der Waals surface area contributed by atoms with Crippen LogP contribution in [0.4, 0.5) is 5.82 Å². The van der Waals surface area contributed by atoms with Crippen molar-refractivity contribution in [2.45, 2.75) is 33.2 Å². The predicted octanol–water partition coefficient (Wildman–Crippen LogP) is 2.75. The van der Waals surface area contributed by atoms with E-state index in [-0.39, 0.29) is 17.5 Å². The summed E-state index contributed by atoms with van der Waals surface area (Å²) >= 11 is 6.62. The quantitative estimate of drug-likeness (QED) is 0.363. The molecule has 2 aromatic rings. The van der Waals surface area contributed by atoms with Gasteiger partial charge in [-0.25, -0.2) is 4.98 Å². The summed E-state index contributed by atoms with van der Waals surface area (Å²) in [6.07, 6.45) is 4.25. The maximum absolute atomic E-state index is 13.4. The van der Waals surface area contributed by atoms with Gasteiger partial charge in [0, 0.05) is 31.9 Å². The van der Waals surface area contributed by atoms with Gasteiger partial charge in [-0.15, -0.1) is 0 Å². The van der Waals surface area contributed by atoms with Gasteiger partial charge < -0.3 is 10.1 Å². The van der Waals surface area contributed by atoms with Crippen molar-refractivity contribution < 1.29 is 9.53 Å². The number of rotatable bonds is 7. The van der Waals surface area contributed by atoms with E-state index in [0.29, 0.717) is 32.8 Å². The molecule has 0 aliphatic carbocycles. The Morgan fingerprint density at radius 3 is 2.76 bits per heavy atom. The minimum Gasteiger partial charge on any atom is -0.379 e. The highest BCUT2D eigenvalue weighted by atomic mass is 32.2. The van der Waals surface area contributed by atoms with Crippen molar-refractivity contribution in [3.05, 3.63) is 44.7 Å². The number of carbonyl (C=O) groups is 1. The van der Waals surface area contributed by atoms with Crippen LogP contribution in [0.25, 0.3) is 11.7 Å². The third-order valence-electron chi connectivity index (χ3n) is 5.75. The van der Waals surface area contributed by atoms with Gasteiger partial charge in [0.15, 0.2) is 0 Å². The molecule has 0 spiro atoms. The summed E-state index contributed by atoms with van der Waals surface area (Å²) in [6.45, 7) is 10.8. The SMILES string of the molecule is Cc1cccn2c(=O)c(C=C3SC(=S)N(C(C)C)C3=O)c(NCCCN3CCOCC3)nc12. The van der Waals surface area contributed by atoms with Crippen LogP contribution < -0.4 is 10.9 Å². The maximum atomic E-state index is 13.4. The van der Waals surface area contributed by atoms with Crippen LogP contribution in [-0.2, 0) is 9.53 Å². The van der Waals surface area contributed by atoms with Gasteiger partial charge in [-0.1, -0.05) is 30.0 Å². The zero-order valence-electron chi connectivity index (χ0n) is 19.2. The number of amides is 1. The molecular formula is C23H29N5O3S2. The molecule has 0 radical (unpaired) electrons.